The number of likely N-dealkylation sites (N-methyl/N-ethyl adjacent to an activating group) is 1. The maximum atomic E-state index is 12.7. The van der Waals surface area contributed by atoms with Gasteiger partial charge in [0.1, 0.15) is 0 Å². The second-order valence-corrected chi connectivity index (χ2v) is 6.59. The maximum absolute atomic E-state index is 12.7. The van der Waals surface area contributed by atoms with Crippen LogP contribution in [0.25, 0.3) is 0 Å². The van der Waals surface area contributed by atoms with Crippen LogP contribution in [-0.4, -0.2) is 26.7 Å². The van der Waals surface area contributed by atoms with Gasteiger partial charge in [-0.25, -0.2) is 0 Å². The van der Waals surface area contributed by atoms with Gasteiger partial charge < -0.3 is 14.4 Å². The fourth-order valence-electron chi connectivity index (χ4n) is 3.15. The summed E-state index contributed by atoms with van der Waals surface area (Å²) in [4.78, 5) is 14.4. The fraction of sp³-hybridized carbons (Fsp3) is 0.316. The van der Waals surface area contributed by atoms with Crippen molar-refractivity contribution in [3.05, 3.63) is 52.0 Å². The third-order valence-electron chi connectivity index (χ3n) is 4.36. The van der Waals surface area contributed by atoms with E-state index < -0.39 is 0 Å². The first kappa shape index (κ1) is 16.8. The van der Waals surface area contributed by atoms with Gasteiger partial charge in [-0.05, 0) is 42.7 Å². The number of nitrogens with zero attached hydrogens (tertiary/aromatic N) is 1. The summed E-state index contributed by atoms with van der Waals surface area (Å²) < 4.78 is 12.0. The van der Waals surface area contributed by atoms with Crippen molar-refractivity contribution in [2.75, 3.05) is 25.7 Å². The number of hydrogen-bond acceptors (Lipinski definition) is 3. The summed E-state index contributed by atoms with van der Waals surface area (Å²) in [5.74, 6) is 1.33. The minimum absolute atomic E-state index is 0.122. The Morgan fingerprint density at radius 1 is 1.21 bits per heavy atom. The predicted octanol–water partition coefficient (Wildman–Crippen LogP) is 4.16. The molecule has 0 saturated carbocycles. The number of hydrogen-bond donors (Lipinski definition) is 0. The van der Waals surface area contributed by atoms with E-state index in [4.69, 9.17) is 9.47 Å². The number of carbonyl (C=O) groups excluding carboxylic acids is 1. The molecule has 0 fully saturated rings. The van der Waals surface area contributed by atoms with Gasteiger partial charge in [-0.1, -0.05) is 34.1 Å². The number of rotatable bonds is 5. The highest BCUT2D eigenvalue weighted by Gasteiger charge is 2.35. The standard InChI is InChI=1S/C19H20BrNO3/c1-4-24-18-10-12(15(20)11-17(18)23-3)9-14-13-7-5-6-8-16(13)21(2)19(14)22/h5-8,10-11,14H,4,9H2,1-3H3/t14-/m0/s1. The molecule has 2 aromatic carbocycles. The third-order valence-corrected chi connectivity index (χ3v) is 5.10. The molecule has 1 amide bonds. The van der Waals surface area contributed by atoms with Crippen LogP contribution >= 0.6 is 15.9 Å². The molecule has 0 bridgehead atoms. The first-order valence-electron chi connectivity index (χ1n) is 7.92. The number of amides is 1. The van der Waals surface area contributed by atoms with Gasteiger partial charge in [0.15, 0.2) is 11.5 Å². The van der Waals surface area contributed by atoms with Gasteiger partial charge in [0, 0.05) is 17.2 Å². The van der Waals surface area contributed by atoms with Crippen LogP contribution in [0.4, 0.5) is 5.69 Å². The third kappa shape index (κ3) is 2.88. The Morgan fingerprint density at radius 3 is 2.67 bits per heavy atom. The first-order valence-corrected chi connectivity index (χ1v) is 8.71. The molecule has 2 aromatic rings. The molecule has 126 valence electrons. The summed E-state index contributed by atoms with van der Waals surface area (Å²) in [5.41, 5.74) is 3.09. The molecule has 24 heavy (non-hydrogen) atoms. The summed E-state index contributed by atoms with van der Waals surface area (Å²) in [6.45, 7) is 2.50. The smallest absolute Gasteiger partial charge is 0.234 e. The monoisotopic (exact) mass is 389 g/mol. The topological polar surface area (TPSA) is 38.8 Å². The van der Waals surface area contributed by atoms with E-state index in [0.29, 0.717) is 24.5 Å². The Balaban J connectivity index is 1.97. The summed E-state index contributed by atoms with van der Waals surface area (Å²) in [7, 11) is 3.45. The SMILES string of the molecule is CCOc1cc(C[C@@H]2C(=O)N(C)c3ccccc32)c(Br)cc1OC. The Labute approximate surface area is 150 Å². The van der Waals surface area contributed by atoms with Gasteiger partial charge in [0.05, 0.1) is 19.6 Å². The Bertz CT molecular complexity index is 775. The number of ether oxygens (including phenoxy) is 2. The Hall–Kier alpha value is -2.01. The van der Waals surface area contributed by atoms with E-state index in [9.17, 15) is 4.79 Å². The molecule has 1 aliphatic rings. The number of carbonyl (C=O) groups is 1. The van der Waals surface area contributed by atoms with Crippen molar-refractivity contribution in [3.63, 3.8) is 0 Å². The van der Waals surface area contributed by atoms with E-state index >= 15 is 0 Å². The van der Waals surface area contributed by atoms with Crippen LogP contribution in [0.5, 0.6) is 11.5 Å². The molecule has 1 atom stereocenters. The van der Waals surface area contributed by atoms with Crippen molar-refractivity contribution in [2.24, 2.45) is 0 Å². The molecule has 0 radical (unpaired) electrons. The lowest BCUT2D eigenvalue weighted by Crippen LogP contribution is -2.25. The predicted molar refractivity (Wildman–Crippen MR) is 98.2 cm³/mol. The number of halogens is 1. The minimum Gasteiger partial charge on any atom is -0.493 e. The van der Waals surface area contributed by atoms with Crippen LogP contribution in [0.1, 0.15) is 24.0 Å². The largest absolute Gasteiger partial charge is 0.493 e. The van der Waals surface area contributed by atoms with Gasteiger partial charge in [0.25, 0.3) is 0 Å². The lowest BCUT2D eigenvalue weighted by molar-refractivity contribution is -0.119. The van der Waals surface area contributed by atoms with Crippen LogP contribution in [-0.2, 0) is 11.2 Å². The second-order valence-electron chi connectivity index (χ2n) is 5.74. The quantitative estimate of drug-likeness (QED) is 0.770. The van der Waals surface area contributed by atoms with Crippen LogP contribution < -0.4 is 14.4 Å². The molecule has 1 aliphatic heterocycles. The van der Waals surface area contributed by atoms with Crippen LogP contribution in [0, 0.1) is 0 Å². The van der Waals surface area contributed by atoms with Gasteiger partial charge >= 0.3 is 0 Å². The van der Waals surface area contributed by atoms with Crippen LogP contribution in [0.2, 0.25) is 0 Å². The molecule has 4 nitrogen and oxygen atoms in total. The fourth-order valence-corrected chi connectivity index (χ4v) is 3.64. The highest BCUT2D eigenvalue weighted by atomic mass is 79.9. The zero-order chi connectivity index (χ0) is 17.3. The molecule has 0 spiro atoms. The Morgan fingerprint density at radius 2 is 1.96 bits per heavy atom. The first-order chi connectivity index (χ1) is 11.6. The van der Waals surface area contributed by atoms with Crippen molar-refractivity contribution in [2.45, 2.75) is 19.3 Å². The average molecular weight is 390 g/mol. The average Bonchev–Trinajstić information content (AvgIpc) is 2.83. The van der Waals surface area contributed by atoms with E-state index in [-0.39, 0.29) is 11.8 Å². The van der Waals surface area contributed by atoms with Crippen molar-refractivity contribution in [1.82, 2.24) is 0 Å². The van der Waals surface area contributed by atoms with Gasteiger partial charge in [-0.15, -0.1) is 0 Å². The number of benzene rings is 2. The van der Waals surface area contributed by atoms with Gasteiger partial charge in [-0.2, -0.15) is 0 Å². The van der Waals surface area contributed by atoms with E-state index in [1.165, 1.54) is 0 Å². The van der Waals surface area contributed by atoms with Crippen molar-refractivity contribution in [1.29, 1.82) is 0 Å². The molecule has 0 unspecified atom stereocenters. The molecule has 0 aliphatic carbocycles. The summed E-state index contributed by atoms with van der Waals surface area (Å²) in [6, 6.07) is 11.8. The molecule has 0 saturated heterocycles. The van der Waals surface area contributed by atoms with E-state index in [1.54, 1.807) is 12.0 Å². The minimum atomic E-state index is -0.176. The van der Waals surface area contributed by atoms with Gasteiger partial charge in [-0.3, -0.25) is 4.79 Å². The number of para-hydroxylation sites is 1. The van der Waals surface area contributed by atoms with Crippen molar-refractivity contribution in [3.8, 4) is 11.5 Å². The molecular weight excluding hydrogens is 370 g/mol. The van der Waals surface area contributed by atoms with E-state index in [1.807, 2.05) is 50.4 Å². The summed E-state index contributed by atoms with van der Waals surface area (Å²) in [5, 5.41) is 0. The van der Waals surface area contributed by atoms with Crippen LogP contribution in [0.15, 0.2) is 40.9 Å². The normalized spacial score (nSPS) is 16.2. The second kappa shape index (κ2) is 6.85. The summed E-state index contributed by atoms with van der Waals surface area (Å²) in [6.07, 6.45) is 0.616. The zero-order valence-corrected chi connectivity index (χ0v) is 15.6. The summed E-state index contributed by atoms with van der Waals surface area (Å²) >= 11 is 3.60. The van der Waals surface area contributed by atoms with E-state index in [2.05, 4.69) is 15.9 Å². The number of fused-ring (bicyclic) bond motifs is 1. The zero-order valence-electron chi connectivity index (χ0n) is 14.0. The highest BCUT2D eigenvalue weighted by molar-refractivity contribution is 9.10. The van der Waals surface area contributed by atoms with Crippen molar-refractivity contribution < 1.29 is 14.3 Å². The Kier molecular flexibility index (Phi) is 4.81. The van der Waals surface area contributed by atoms with Gasteiger partial charge in [0.2, 0.25) is 5.91 Å². The number of anilines is 1. The number of methoxy groups -OCH3 is 1. The molecule has 3 rings (SSSR count). The molecular formula is C19H20BrNO3. The highest BCUT2D eigenvalue weighted by Crippen LogP contribution is 2.41. The lowest BCUT2D eigenvalue weighted by Gasteiger charge is -2.16. The van der Waals surface area contributed by atoms with E-state index in [0.717, 1.165) is 21.3 Å². The lowest BCUT2D eigenvalue weighted by atomic mass is 9.93. The molecule has 0 N–H and O–H groups in total. The maximum Gasteiger partial charge on any atom is 0.234 e. The van der Waals surface area contributed by atoms with Crippen LogP contribution in [0.3, 0.4) is 0 Å². The molecule has 1 heterocycles. The molecule has 5 heteroatoms. The molecule has 0 aromatic heterocycles. The van der Waals surface area contributed by atoms with Crippen molar-refractivity contribution >= 4 is 27.5 Å².